The molecular weight excluding hydrogens is 396 g/mol. The molecule has 3 rings (SSSR count). The third-order valence-electron chi connectivity index (χ3n) is 2.44. The first-order valence-corrected chi connectivity index (χ1v) is 8.52. The smallest absolute Gasteiger partial charge is 0.184 e. The summed E-state index contributed by atoms with van der Waals surface area (Å²) < 4.78 is 3.42. The summed E-state index contributed by atoms with van der Waals surface area (Å²) in [4.78, 5) is 5.86. The number of thiazole rings is 1. The van der Waals surface area contributed by atoms with Crippen molar-refractivity contribution >= 4 is 69.9 Å². The Kier molecular flexibility index (Phi) is 3.70. The fraction of sp³-hybridized carbons (Fsp3) is 0.0833. The standard InChI is InChI=1S/C12H8Br2N2S2/c13-7-1-2-10-9(5-7)16-12(18-10)15-6-11-8(14)3-4-17-11/h1-5H,6H2,(H,15,16). The minimum absolute atomic E-state index is 0.805. The van der Waals surface area contributed by atoms with Gasteiger partial charge in [0, 0.05) is 13.8 Å². The SMILES string of the molecule is Brc1ccc2sc(NCc3sccc3Br)nc2c1. The van der Waals surface area contributed by atoms with Crippen LogP contribution in [-0.2, 0) is 6.54 Å². The van der Waals surface area contributed by atoms with Gasteiger partial charge in [0.05, 0.1) is 16.8 Å². The van der Waals surface area contributed by atoms with Crippen LogP contribution in [0.15, 0.2) is 38.6 Å². The third-order valence-corrected chi connectivity index (χ3v) is 5.85. The number of aromatic nitrogens is 1. The van der Waals surface area contributed by atoms with Crippen LogP contribution >= 0.6 is 54.5 Å². The fourth-order valence-electron chi connectivity index (χ4n) is 1.58. The lowest BCUT2D eigenvalue weighted by atomic mass is 10.3. The maximum Gasteiger partial charge on any atom is 0.184 e. The van der Waals surface area contributed by atoms with Crippen LogP contribution in [0.4, 0.5) is 5.13 Å². The lowest BCUT2D eigenvalue weighted by Crippen LogP contribution is -1.96. The zero-order chi connectivity index (χ0) is 12.5. The van der Waals surface area contributed by atoms with E-state index in [4.69, 9.17) is 0 Å². The van der Waals surface area contributed by atoms with E-state index in [1.54, 1.807) is 22.7 Å². The van der Waals surface area contributed by atoms with Crippen molar-refractivity contribution in [1.29, 1.82) is 0 Å². The molecular formula is C12H8Br2N2S2. The number of hydrogen-bond acceptors (Lipinski definition) is 4. The average Bonchev–Trinajstić information content (AvgIpc) is 2.92. The first kappa shape index (κ1) is 12.6. The molecule has 0 radical (unpaired) electrons. The molecule has 0 spiro atoms. The van der Waals surface area contributed by atoms with Gasteiger partial charge < -0.3 is 5.32 Å². The molecule has 0 fully saturated rings. The average molecular weight is 404 g/mol. The Bertz CT molecular complexity index is 690. The molecule has 6 heteroatoms. The van der Waals surface area contributed by atoms with Crippen molar-refractivity contribution in [3.05, 3.63) is 43.5 Å². The minimum atomic E-state index is 0.805. The van der Waals surface area contributed by atoms with Crippen LogP contribution in [0.5, 0.6) is 0 Å². The van der Waals surface area contributed by atoms with Crippen molar-refractivity contribution in [1.82, 2.24) is 4.98 Å². The fourth-order valence-corrected chi connectivity index (χ4v) is 4.21. The van der Waals surface area contributed by atoms with Gasteiger partial charge in [0.25, 0.3) is 0 Å². The van der Waals surface area contributed by atoms with E-state index in [0.29, 0.717) is 0 Å². The zero-order valence-electron chi connectivity index (χ0n) is 9.11. The highest BCUT2D eigenvalue weighted by Gasteiger charge is 2.05. The van der Waals surface area contributed by atoms with Crippen LogP contribution in [0, 0.1) is 0 Å². The maximum atomic E-state index is 4.57. The third kappa shape index (κ3) is 2.61. The molecule has 0 amide bonds. The highest BCUT2D eigenvalue weighted by Crippen LogP contribution is 2.29. The Morgan fingerprint density at radius 3 is 2.89 bits per heavy atom. The summed E-state index contributed by atoms with van der Waals surface area (Å²) in [6, 6.07) is 8.23. The first-order chi connectivity index (χ1) is 8.72. The van der Waals surface area contributed by atoms with E-state index in [-0.39, 0.29) is 0 Å². The quantitative estimate of drug-likeness (QED) is 0.624. The van der Waals surface area contributed by atoms with Crippen molar-refractivity contribution in [2.24, 2.45) is 0 Å². The van der Waals surface area contributed by atoms with Gasteiger partial charge in [0.2, 0.25) is 0 Å². The van der Waals surface area contributed by atoms with Gasteiger partial charge in [-0.1, -0.05) is 27.3 Å². The molecule has 18 heavy (non-hydrogen) atoms. The second-order valence-electron chi connectivity index (χ2n) is 3.68. The molecule has 0 aliphatic rings. The van der Waals surface area contributed by atoms with Gasteiger partial charge >= 0.3 is 0 Å². The van der Waals surface area contributed by atoms with Crippen molar-refractivity contribution in [3.63, 3.8) is 0 Å². The van der Waals surface area contributed by atoms with Crippen molar-refractivity contribution in [3.8, 4) is 0 Å². The van der Waals surface area contributed by atoms with Gasteiger partial charge in [-0.3, -0.25) is 0 Å². The molecule has 0 aliphatic carbocycles. The van der Waals surface area contributed by atoms with E-state index in [9.17, 15) is 0 Å². The molecule has 92 valence electrons. The Balaban J connectivity index is 1.81. The Morgan fingerprint density at radius 2 is 2.11 bits per heavy atom. The molecule has 0 atom stereocenters. The number of hydrogen-bond donors (Lipinski definition) is 1. The summed E-state index contributed by atoms with van der Waals surface area (Å²) in [6.45, 7) is 0.805. The van der Waals surface area contributed by atoms with Gasteiger partial charge in [0.15, 0.2) is 5.13 Å². The maximum absolute atomic E-state index is 4.57. The van der Waals surface area contributed by atoms with Crippen molar-refractivity contribution < 1.29 is 0 Å². The Morgan fingerprint density at radius 1 is 1.22 bits per heavy atom. The number of rotatable bonds is 3. The number of nitrogens with one attached hydrogen (secondary N) is 1. The highest BCUT2D eigenvalue weighted by molar-refractivity contribution is 9.10. The predicted octanol–water partition coefficient (Wildman–Crippen LogP) is 5.49. The lowest BCUT2D eigenvalue weighted by Gasteiger charge is -1.99. The summed E-state index contributed by atoms with van der Waals surface area (Å²) in [5.74, 6) is 0. The number of anilines is 1. The predicted molar refractivity (Wildman–Crippen MR) is 86.7 cm³/mol. The van der Waals surface area contributed by atoms with Crippen LogP contribution in [-0.4, -0.2) is 4.98 Å². The molecule has 2 nitrogen and oxygen atoms in total. The summed E-state index contributed by atoms with van der Waals surface area (Å²) in [6.07, 6.45) is 0. The second-order valence-corrected chi connectivity index (χ2v) is 7.48. The highest BCUT2D eigenvalue weighted by atomic mass is 79.9. The molecule has 2 aromatic heterocycles. The van der Waals surface area contributed by atoms with Crippen LogP contribution in [0.1, 0.15) is 4.88 Å². The van der Waals surface area contributed by atoms with E-state index < -0.39 is 0 Å². The Hall–Kier alpha value is -0.430. The number of benzene rings is 1. The zero-order valence-corrected chi connectivity index (χ0v) is 13.9. The molecule has 0 bridgehead atoms. The Labute approximate surface area is 129 Å². The number of thiophene rings is 1. The van der Waals surface area contributed by atoms with Gasteiger partial charge in [-0.15, -0.1) is 11.3 Å². The summed E-state index contributed by atoms with van der Waals surface area (Å²) in [5, 5.41) is 6.41. The minimum Gasteiger partial charge on any atom is -0.357 e. The van der Waals surface area contributed by atoms with Crippen LogP contribution in [0.2, 0.25) is 0 Å². The largest absolute Gasteiger partial charge is 0.357 e. The first-order valence-electron chi connectivity index (χ1n) is 5.24. The van der Waals surface area contributed by atoms with Gasteiger partial charge in [0.1, 0.15) is 0 Å². The molecule has 0 saturated heterocycles. The summed E-state index contributed by atoms with van der Waals surface area (Å²) >= 11 is 10.4. The topological polar surface area (TPSA) is 24.9 Å². The molecule has 3 aromatic rings. The van der Waals surface area contributed by atoms with E-state index in [0.717, 1.165) is 26.1 Å². The van der Waals surface area contributed by atoms with Gasteiger partial charge in [-0.25, -0.2) is 4.98 Å². The second kappa shape index (κ2) is 5.28. The van der Waals surface area contributed by atoms with E-state index in [1.165, 1.54) is 9.58 Å². The van der Waals surface area contributed by atoms with Crippen molar-refractivity contribution in [2.45, 2.75) is 6.54 Å². The van der Waals surface area contributed by atoms with E-state index in [1.807, 2.05) is 12.1 Å². The van der Waals surface area contributed by atoms with Crippen LogP contribution in [0.25, 0.3) is 10.2 Å². The van der Waals surface area contributed by atoms with Gasteiger partial charge in [-0.05, 0) is 45.6 Å². The number of halogens is 2. The van der Waals surface area contributed by atoms with Crippen LogP contribution in [0.3, 0.4) is 0 Å². The molecule has 0 aliphatic heterocycles. The monoisotopic (exact) mass is 402 g/mol. The summed E-state index contributed by atoms with van der Waals surface area (Å²) in [7, 11) is 0. The van der Waals surface area contributed by atoms with Crippen molar-refractivity contribution in [2.75, 3.05) is 5.32 Å². The normalized spacial score (nSPS) is 11.0. The molecule has 2 heterocycles. The number of nitrogens with zero attached hydrogens (tertiary/aromatic N) is 1. The van der Waals surface area contributed by atoms with Crippen LogP contribution < -0.4 is 5.32 Å². The van der Waals surface area contributed by atoms with E-state index >= 15 is 0 Å². The molecule has 1 N–H and O–H groups in total. The summed E-state index contributed by atoms with van der Waals surface area (Å²) in [5.41, 5.74) is 1.03. The molecule has 0 unspecified atom stereocenters. The molecule has 1 aromatic carbocycles. The number of fused-ring (bicyclic) bond motifs is 1. The van der Waals surface area contributed by atoms with Gasteiger partial charge in [-0.2, -0.15) is 0 Å². The lowest BCUT2D eigenvalue weighted by molar-refractivity contribution is 1.17. The van der Waals surface area contributed by atoms with E-state index in [2.05, 4.69) is 59.7 Å². The molecule has 0 saturated carbocycles.